The minimum Gasteiger partial charge on any atom is -0.379 e. The zero-order valence-electron chi connectivity index (χ0n) is 8.54. The van der Waals surface area contributed by atoms with Gasteiger partial charge in [0.15, 0.2) is 5.96 Å². The van der Waals surface area contributed by atoms with E-state index in [9.17, 15) is 0 Å². The Balaban J connectivity index is 2.10. The average Bonchev–Trinajstić information content (AvgIpc) is 2.39. The molecule has 0 aromatic rings. The van der Waals surface area contributed by atoms with E-state index in [1.807, 2.05) is 4.90 Å². The van der Waals surface area contributed by atoms with E-state index in [4.69, 9.17) is 15.9 Å². The highest BCUT2D eigenvalue weighted by Crippen LogP contribution is 2.29. The minimum absolute atomic E-state index is 0.215. The van der Waals surface area contributed by atoms with Gasteiger partial charge in [0.05, 0.1) is 13.2 Å². The van der Waals surface area contributed by atoms with Crippen LogP contribution in [0.15, 0.2) is 0 Å². The third-order valence-corrected chi connectivity index (χ3v) is 3.39. The summed E-state index contributed by atoms with van der Waals surface area (Å²) in [6, 6.07) is 0.462. The summed E-state index contributed by atoms with van der Waals surface area (Å²) >= 11 is 0. The minimum atomic E-state index is 0.215. The molecule has 0 unspecified atom stereocenters. The molecule has 14 heavy (non-hydrogen) atoms. The lowest BCUT2D eigenvalue weighted by atomic mass is 9.84. The van der Waals surface area contributed by atoms with Crippen LogP contribution in [0.4, 0.5) is 0 Å². The van der Waals surface area contributed by atoms with Crippen molar-refractivity contribution in [2.45, 2.75) is 31.7 Å². The maximum atomic E-state index is 7.56. The molecule has 2 atom stereocenters. The fraction of sp³-hybridized carbons (Fsp3) is 0.900. The van der Waals surface area contributed by atoms with Crippen molar-refractivity contribution in [3.8, 4) is 0 Å². The Bertz CT molecular complexity index is 219. The van der Waals surface area contributed by atoms with E-state index in [-0.39, 0.29) is 5.96 Å². The van der Waals surface area contributed by atoms with Gasteiger partial charge < -0.3 is 15.4 Å². The van der Waals surface area contributed by atoms with Crippen molar-refractivity contribution in [2.75, 3.05) is 19.8 Å². The number of nitrogens with one attached hydrogen (secondary N) is 1. The van der Waals surface area contributed by atoms with Gasteiger partial charge in [0.25, 0.3) is 0 Å². The molecule has 0 aromatic heterocycles. The largest absolute Gasteiger partial charge is 0.379 e. The summed E-state index contributed by atoms with van der Waals surface area (Å²) in [5.41, 5.74) is 5.60. The van der Waals surface area contributed by atoms with Gasteiger partial charge in [0.1, 0.15) is 0 Å². The fourth-order valence-corrected chi connectivity index (χ4v) is 2.66. The molecule has 1 aliphatic carbocycles. The topological polar surface area (TPSA) is 62.3 Å². The summed E-state index contributed by atoms with van der Waals surface area (Å²) < 4.78 is 5.55. The van der Waals surface area contributed by atoms with Crippen molar-refractivity contribution in [2.24, 2.45) is 11.7 Å². The molecule has 0 amide bonds. The van der Waals surface area contributed by atoms with Gasteiger partial charge in [-0.3, -0.25) is 5.41 Å². The number of rotatable bonds is 0. The molecule has 1 saturated heterocycles. The Hall–Kier alpha value is -0.770. The van der Waals surface area contributed by atoms with Crippen LogP contribution in [-0.2, 0) is 4.74 Å². The Morgan fingerprint density at radius 2 is 2.14 bits per heavy atom. The van der Waals surface area contributed by atoms with Crippen LogP contribution in [0.1, 0.15) is 25.7 Å². The van der Waals surface area contributed by atoms with E-state index in [0.717, 1.165) is 13.2 Å². The molecule has 3 N–H and O–H groups in total. The molecule has 2 aliphatic rings. The molecule has 4 heteroatoms. The molecule has 80 valence electrons. The number of guanidine groups is 1. The number of hydrogen-bond donors (Lipinski definition) is 2. The number of nitrogens with zero attached hydrogens (tertiary/aromatic N) is 1. The molecular weight excluding hydrogens is 178 g/mol. The zero-order chi connectivity index (χ0) is 9.97. The summed E-state index contributed by atoms with van der Waals surface area (Å²) in [6.07, 6.45) is 4.98. The van der Waals surface area contributed by atoms with Gasteiger partial charge >= 0.3 is 0 Å². The van der Waals surface area contributed by atoms with Crippen molar-refractivity contribution < 1.29 is 4.74 Å². The van der Waals surface area contributed by atoms with Gasteiger partial charge in [-0.15, -0.1) is 0 Å². The van der Waals surface area contributed by atoms with E-state index >= 15 is 0 Å². The second-order valence-electron chi connectivity index (χ2n) is 4.27. The van der Waals surface area contributed by atoms with Crippen molar-refractivity contribution in [1.82, 2.24) is 4.90 Å². The summed E-state index contributed by atoms with van der Waals surface area (Å²) in [4.78, 5) is 2.02. The maximum absolute atomic E-state index is 7.56. The number of hydrogen-bond acceptors (Lipinski definition) is 2. The second kappa shape index (κ2) is 4.17. The molecule has 0 radical (unpaired) electrons. The molecule has 2 fully saturated rings. The highest BCUT2D eigenvalue weighted by atomic mass is 16.5. The van der Waals surface area contributed by atoms with E-state index in [2.05, 4.69) is 0 Å². The lowest BCUT2D eigenvalue weighted by Gasteiger charge is -2.37. The van der Waals surface area contributed by atoms with Crippen LogP contribution >= 0.6 is 0 Å². The van der Waals surface area contributed by atoms with Crippen LogP contribution in [0.25, 0.3) is 0 Å². The normalized spacial score (nSPS) is 33.3. The number of fused-ring (bicyclic) bond motifs is 1. The van der Waals surface area contributed by atoms with Crippen molar-refractivity contribution >= 4 is 5.96 Å². The monoisotopic (exact) mass is 197 g/mol. The predicted molar refractivity (Wildman–Crippen MR) is 55.2 cm³/mol. The molecule has 1 aliphatic heterocycles. The highest BCUT2D eigenvalue weighted by molar-refractivity contribution is 5.75. The third-order valence-electron chi connectivity index (χ3n) is 3.39. The lowest BCUT2D eigenvalue weighted by molar-refractivity contribution is 0.101. The summed E-state index contributed by atoms with van der Waals surface area (Å²) in [7, 11) is 0. The SMILES string of the molecule is N=C(N)N1CCOC[C@H]2CCCC[C@@H]21. The van der Waals surface area contributed by atoms with Crippen LogP contribution in [0, 0.1) is 11.3 Å². The van der Waals surface area contributed by atoms with Crippen LogP contribution in [0.5, 0.6) is 0 Å². The average molecular weight is 197 g/mol. The maximum Gasteiger partial charge on any atom is 0.188 e. The van der Waals surface area contributed by atoms with E-state index < -0.39 is 0 Å². The Labute approximate surface area is 84.9 Å². The quantitative estimate of drug-likeness (QED) is 0.445. The van der Waals surface area contributed by atoms with Gasteiger partial charge in [-0.05, 0) is 12.8 Å². The van der Waals surface area contributed by atoms with Gasteiger partial charge in [0, 0.05) is 18.5 Å². The number of nitrogens with two attached hydrogens (primary N) is 1. The predicted octanol–water partition coefficient (Wildman–Crippen LogP) is 0.771. The fourth-order valence-electron chi connectivity index (χ4n) is 2.66. The first-order valence-electron chi connectivity index (χ1n) is 5.47. The first kappa shape index (κ1) is 9.77. The van der Waals surface area contributed by atoms with Crippen LogP contribution in [0.3, 0.4) is 0 Å². The Morgan fingerprint density at radius 3 is 2.93 bits per heavy atom. The van der Waals surface area contributed by atoms with Crippen LogP contribution in [0.2, 0.25) is 0 Å². The Morgan fingerprint density at radius 1 is 1.36 bits per heavy atom. The molecule has 1 saturated carbocycles. The molecular formula is C10H19N3O. The zero-order valence-corrected chi connectivity index (χ0v) is 8.54. The van der Waals surface area contributed by atoms with Crippen molar-refractivity contribution in [3.05, 3.63) is 0 Å². The van der Waals surface area contributed by atoms with Crippen molar-refractivity contribution in [3.63, 3.8) is 0 Å². The molecule has 0 aromatic carbocycles. The first-order chi connectivity index (χ1) is 6.79. The lowest BCUT2D eigenvalue weighted by Crippen LogP contribution is -2.48. The smallest absolute Gasteiger partial charge is 0.188 e. The molecule has 0 spiro atoms. The van der Waals surface area contributed by atoms with E-state index in [1.165, 1.54) is 25.7 Å². The van der Waals surface area contributed by atoms with E-state index in [1.54, 1.807) is 0 Å². The van der Waals surface area contributed by atoms with Gasteiger partial charge in [0.2, 0.25) is 0 Å². The van der Waals surface area contributed by atoms with Crippen molar-refractivity contribution in [1.29, 1.82) is 5.41 Å². The van der Waals surface area contributed by atoms with Gasteiger partial charge in [-0.1, -0.05) is 12.8 Å². The standard InChI is InChI=1S/C10H19N3O/c11-10(12)13-5-6-14-7-8-3-1-2-4-9(8)13/h8-9H,1-7H2,(H3,11,12)/t8-,9+/m1/s1. The van der Waals surface area contributed by atoms with Gasteiger partial charge in [-0.2, -0.15) is 0 Å². The van der Waals surface area contributed by atoms with E-state index in [0.29, 0.717) is 18.6 Å². The Kier molecular flexibility index (Phi) is 2.91. The summed E-state index contributed by atoms with van der Waals surface area (Å²) in [5, 5.41) is 7.56. The van der Waals surface area contributed by atoms with Crippen LogP contribution in [-0.4, -0.2) is 36.7 Å². The van der Waals surface area contributed by atoms with Gasteiger partial charge in [-0.25, -0.2) is 0 Å². The number of ether oxygens (including phenoxy) is 1. The molecule has 1 heterocycles. The third kappa shape index (κ3) is 1.85. The molecule has 2 rings (SSSR count). The highest BCUT2D eigenvalue weighted by Gasteiger charge is 2.32. The molecule has 4 nitrogen and oxygen atoms in total. The molecule has 0 bridgehead atoms. The van der Waals surface area contributed by atoms with Crippen LogP contribution < -0.4 is 5.73 Å². The summed E-state index contributed by atoms with van der Waals surface area (Å²) in [5.74, 6) is 0.808. The second-order valence-corrected chi connectivity index (χ2v) is 4.27. The first-order valence-corrected chi connectivity index (χ1v) is 5.47. The summed E-state index contributed by atoms with van der Waals surface area (Å²) in [6.45, 7) is 2.36.